The number of nitrogens with zero attached hydrogens (tertiary/aromatic N) is 1. The van der Waals surface area contributed by atoms with Crippen LogP contribution >= 0.6 is 11.6 Å². The molecule has 1 aliphatic rings. The zero-order chi connectivity index (χ0) is 19.4. The third-order valence-corrected chi connectivity index (χ3v) is 6.76. The topological polar surface area (TPSA) is 66.5 Å². The third-order valence-electron chi connectivity index (χ3n) is 4.54. The van der Waals surface area contributed by atoms with Crippen molar-refractivity contribution in [3.05, 3.63) is 59.4 Å². The van der Waals surface area contributed by atoms with Crippen molar-refractivity contribution in [2.45, 2.75) is 36.6 Å². The van der Waals surface area contributed by atoms with E-state index in [0.29, 0.717) is 23.7 Å². The third kappa shape index (κ3) is 4.86. The number of amides is 1. The molecule has 0 unspecified atom stereocenters. The van der Waals surface area contributed by atoms with Gasteiger partial charge in [0.15, 0.2) is 0 Å². The van der Waals surface area contributed by atoms with Gasteiger partial charge in [0.25, 0.3) is 0 Å². The van der Waals surface area contributed by atoms with Crippen LogP contribution in [0.3, 0.4) is 0 Å². The van der Waals surface area contributed by atoms with E-state index in [1.807, 2.05) is 0 Å². The van der Waals surface area contributed by atoms with Crippen LogP contribution in [0.5, 0.6) is 0 Å². The molecule has 0 bridgehead atoms. The number of rotatable bonds is 5. The first-order chi connectivity index (χ1) is 12.9. The first-order valence-electron chi connectivity index (χ1n) is 8.69. The van der Waals surface area contributed by atoms with Crippen LogP contribution in [0.2, 0.25) is 5.02 Å². The van der Waals surface area contributed by atoms with E-state index in [9.17, 15) is 17.6 Å². The summed E-state index contributed by atoms with van der Waals surface area (Å²) in [6, 6.07) is 11.0. The highest BCUT2D eigenvalue weighted by Gasteiger charge is 2.34. The van der Waals surface area contributed by atoms with Gasteiger partial charge in [-0.15, -0.1) is 0 Å². The minimum Gasteiger partial charge on any atom is -0.326 e. The van der Waals surface area contributed by atoms with Crippen molar-refractivity contribution in [3.8, 4) is 0 Å². The van der Waals surface area contributed by atoms with Gasteiger partial charge in [-0.25, -0.2) is 12.8 Å². The molecule has 5 nitrogen and oxygen atoms in total. The summed E-state index contributed by atoms with van der Waals surface area (Å²) in [5.74, 6) is -0.755. The van der Waals surface area contributed by atoms with E-state index in [4.69, 9.17) is 11.6 Å². The second-order valence-corrected chi connectivity index (χ2v) is 8.81. The number of piperidine rings is 1. The number of nitrogens with one attached hydrogen (secondary N) is 1. The summed E-state index contributed by atoms with van der Waals surface area (Å²) in [5.41, 5.74) is 0.605. The summed E-state index contributed by atoms with van der Waals surface area (Å²) in [6.07, 6.45) is 2.25. The maximum Gasteiger partial charge on any atom is 0.243 e. The standard InChI is InChI=1S/C19H20ClFN2O3S/c20-14-4-8-16(9-5-14)22-19(24)13-17-3-1-2-12-23(17)27(25,26)18-10-6-15(21)7-11-18/h4-11,17H,1-3,12-13H2,(H,22,24)/t17-/m0/s1. The van der Waals surface area contributed by atoms with Crippen LogP contribution in [-0.2, 0) is 14.8 Å². The molecule has 0 aliphatic carbocycles. The second kappa shape index (κ2) is 8.37. The van der Waals surface area contributed by atoms with Gasteiger partial charge < -0.3 is 5.32 Å². The van der Waals surface area contributed by atoms with Crippen LogP contribution in [0.15, 0.2) is 53.4 Å². The average molecular weight is 411 g/mol. The largest absolute Gasteiger partial charge is 0.326 e. The highest BCUT2D eigenvalue weighted by molar-refractivity contribution is 7.89. The van der Waals surface area contributed by atoms with E-state index in [1.165, 1.54) is 16.4 Å². The minimum atomic E-state index is -3.78. The Hall–Kier alpha value is -1.96. The minimum absolute atomic E-state index is 0.0360. The number of benzene rings is 2. The van der Waals surface area contributed by atoms with Gasteiger partial charge in [0.2, 0.25) is 15.9 Å². The molecule has 0 aromatic heterocycles. The molecule has 1 heterocycles. The van der Waals surface area contributed by atoms with Crippen LogP contribution in [0, 0.1) is 5.82 Å². The van der Waals surface area contributed by atoms with Crippen molar-refractivity contribution in [3.63, 3.8) is 0 Å². The molecule has 0 radical (unpaired) electrons. The Morgan fingerprint density at radius 1 is 1.11 bits per heavy atom. The quantitative estimate of drug-likeness (QED) is 0.808. The predicted molar refractivity (Wildman–Crippen MR) is 103 cm³/mol. The maximum atomic E-state index is 13.1. The number of hydrogen-bond donors (Lipinski definition) is 1. The molecule has 1 N–H and O–H groups in total. The van der Waals surface area contributed by atoms with Gasteiger partial charge in [0, 0.05) is 29.7 Å². The highest BCUT2D eigenvalue weighted by atomic mass is 35.5. The summed E-state index contributed by atoms with van der Waals surface area (Å²) >= 11 is 5.83. The number of carbonyl (C=O) groups is 1. The Bertz CT molecular complexity index is 902. The second-order valence-electron chi connectivity index (χ2n) is 6.48. The molecule has 3 rings (SSSR count). The molecule has 1 aliphatic heterocycles. The average Bonchev–Trinajstić information content (AvgIpc) is 2.64. The first kappa shape index (κ1) is 19.8. The SMILES string of the molecule is O=C(C[C@@H]1CCCCN1S(=O)(=O)c1ccc(F)cc1)Nc1ccc(Cl)cc1. The molecule has 1 amide bonds. The van der Waals surface area contributed by atoms with Gasteiger partial charge in [-0.1, -0.05) is 18.0 Å². The Kier molecular flexibility index (Phi) is 6.14. The van der Waals surface area contributed by atoms with Crippen molar-refractivity contribution >= 4 is 33.2 Å². The molecular formula is C19H20ClFN2O3S. The van der Waals surface area contributed by atoms with Gasteiger partial charge in [0.1, 0.15) is 5.82 Å². The molecular weight excluding hydrogens is 391 g/mol. The number of halogens is 2. The Morgan fingerprint density at radius 3 is 2.44 bits per heavy atom. The monoisotopic (exact) mass is 410 g/mol. The lowest BCUT2D eigenvalue weighted by molar-refractivity contribution is -0.117. The van der Waals surface area contributed by atoms with Crippen LogP contribution in [-0.4, -0.2) is 31.2 Å². The van der Waals surface area contributed by atoms with E-state index < -0.39 is 21.9 Å². The molecule has 8 heteroatoms. The van der Waals surface area contributed by atoms with Gasteiger partial charge in [-0.2, -0.15) is 4.31 Å². The van der Waals surface area contributed by atoms with Crippen LogP contribution in [0.1, 0.15) is 25.7 Å². The van der Waals surface area contributed by atoms with E-state index in [1.54, 1.807) is 24.3 Å². The molecule has 0 spiro atoms. The fourth-order valence-electron chi connectivity index (χ4n) is 3.20. The zero-order valence-electron chi connectivity index (χ0n) is 14.6. The smallest absolute Gasteiger partial charge is 0.243 e. The Balaban J connectivity index is 1.73. The molecule has 27 heavy (non-hydrogen) atoms. The lowest BCUT2D eigenvalue weighted by Gasteiger charge is -2.34. The van der Waals surface area contributed by atoms with Gasteiger partial charge in [0.05, 0.1) is 4.90 Å². The molecule has 1 fully saturated rings. The summed E-state index contributed by atoms with van der Waals surface area (Å²) in [6.45, 7) is 0.346. The predicted octanol–water partition coefficient (Wildman–Crippen LogP) is 4.05. The fourth-order valence-corrected chi connectivity index (χ4v) is 5.01. The summed E-state index contributed by atoms with van der Waals surface area (Å²) in [7, 11) is -3.78. The van der Waals surface area contributed by atoms with Gasteiger partial charge >= 0.3 is 0 Å². The number of sulfonamides is 1. The summed E-state index contributed by atoms with van der Waals surface area (Å²) < 4.78 is 40.4. The van der Waals surface area contributed by atoms with Crippen LogP contribution < -0.4 is 5.32 Å². The molecule has 2 aromatic carbocycles. The van der Waals surface area contributed by atoms with Crippen molar-refractivity contribution in [2.24, 2.45) is 0 Å². The van der Waals surface area contributed by atoms with Crippen LogP contribution in [0.4, 0.5) is 10.1 Å². The Morgan fingerprint density at radius 2 is 1.78 bits per heavy atom. The maximum absolute atomic E-state index is 13.1. The molecule has 144 valence electrons. The zero-order valence-corrected chi connectivity index (χ0v) is 16.1. The number of hydrogen-bond acceptors (Lipinski definition) is 3. The Labute approximate surface area is 163 Å². The first-order valence-corrected chi connectivity index (χ1v) is 10.5. The van der Waals surface area contributed by atoms with Gasteiger partial charge in [-0.05, 0) is 61.4 Å². The summed E-state index contributed by atoms with van der Waals surface area (Å²) in [4.78, 5) is 12.4. The van der Waals surface area contributed by atoms with Crippen molar-refractivity contribution in [1.29, 1.82) is 0 Å². The molecule has 1 saturated heterocycles. The van der Waals surface area contributed by atoms with Crippen molar-refractivity contribution in [2.75, 3.05) is 11.9 Å². The van der Waals surface area contributed by atoms with E-state index >= 15 is 0 Å². The molecule has 1 atom stereocenters. The van der Waals surface area contributed by atoms with Gasteiger partial charge in [-0.3, -0.25) is 4.79 Å². The summed E-state index contributed by atoms with van der Waals surface area (Å²) in [5, 5.41) is 3.33. The normalized spacial score (nSPS) is 18.2. The lowest BCUT2D eigenvalue weighted by atomic mass is 10.0. The van der Waals surface area contributed by atoms with Crippen molar-refractivity contribution in [1.82, 2.24) is 4.31 Å². The van der Waals surface area contributed by atoms with E-state index in [2.05, 4.69) is 5.32 Å². The lowest BCUT2D eigenvalue weighted by Crippen LogP contribution is -2.45. The fraction of sp³-hybridized carbons (Fsp3) is 0.316. The van der Waals surface area contributed by atoms with E-state index in [0.717, 1.165) is 25.0 Å². The number of anilines is 1. The van der Waals surface area contributed by atoms with Crippen LogP contribution in [0.25, 0.3) is 0 Å². The van der Waals surface area contributed by atoms with Crippen molar-refractivity contribution < 1.29 is 17.6 Å². The molecule has 0 saturated carbocycles. The highest BCUT2D eigenvalue weighted by Crippen LogP contribution is 2.27. The number of carbonyl (C=O) groups excluding carboxylic acids is 1. The van der Waals surface area contributed by atoms with E-state index in [-0.39, 0.29) is 17.2 Å². The molecule has 2 aromatic rings.